The molecule has 20 heavy (non-hydrogen) atoms. The number of rotatable bonds is 8. The number of aromatic amines is 1. The first-order valence-corrected chi connectivity index (χ1v) is 8.67. The van der Waals surface area contributed by atoms with Gasteiger partial charge in [0.15, 0.2) is 0 Å². The zero-order chi connectivity index (χ0) is 15.3. The van der Waals surface area contributed by atoms with Crippen LogP contribution in [0.25, 0.3) is 0 Å². The minimum Gasteiger partial charge on any atom is -0.363 e. The maximum absolute atomic E-state index is 12.3. The molecule has 6 heteroatoms. The molecule has 0 saturated carbocycles. The monoisotopic (exact) mass is 301 g/mol. The molecule has 0 saturated heterocycles. The van der Waals surface area contributed by atoms with Gasteiger partial charge in [0.2, 0.25) is 10.0 Å². The third-order valence-electron chi connectivity index (χ3n) is 3.28. The highest BCUT2D eigenvalue weighted by molar-refractivity contribution is 7.89. The molecule has 0 bridgehead atoms. The van der Waals surface area contributed by atoms with Crippen LogP contribution in [0.3, 0.4) is 0 Å². The third-order valence-corrected chi connectivity index (χ3v) is 4.75. The van der Waals surface area contributed by atoms with Crippen molar-refractivity contribution in [2.24, 2.45) is 5.92 Å². The zero-order valence-electron chi connectivity index (χ0n) is 13.0. The van der Waals surface area contributed by atoms with E-state index in [0.717, 1.165) is 12.1 Å². The maximum Gasteiger partial charge on any atom is 0.242 e. The van der Waals surface area contributed by atoms with Gasteiger partial charge < -0.3 is 10.3 Å². The largest absolute Gasteiger partial charge is 0.363 e. The summed E-state index contributed by atoms with van der Waals surface area (Å²) in [5, 5.41) is 3.25. The van der Waals surface area contributed by atoms with Gasteiger partial charge in [0.1, 0.15) is 0 Å². The molecule has 1 aromatic rings. The van der Waals surface area contributed by atoms with Crippen molar-refractivity contribution < 1.29 is 8.42 Å². The summed E-state index contributed by atoms with van der Waals surface area (Å²) >= 11 is 0. The van der Waals surface area contributed by atoms with Crippen LogP contribution in [0.4, 0.5) is 0 Å². The number of hydrogen-bond donors (Lipinski definition) is 3. The van der Waals surface area contributed by atoms with Crippen molar-refractivity contribution in [2.75, 3.05) is 0 Å². The van der Waals surface area contributed by atoms with Crippen LogP contribution in [-0.2, 0) is 16.6 Å². The normalized spacial score (nSPS) is 14.2. The van der Waals surface area contributed by atoms with E-state index in [1.54, 1.807) is 12.3 Å². The van der Waals surface area contributed by atoms with E-state index in [0.29, 0.717) is 17.5 Å². The molecule has 0 amide bonds. The number of aromatic nitrogens is 1. The van der Waals surface area contributed by atoms with Crippen LogP contribution in [0, 0.1) is 5.92 Å². The summed E-state index contributed by atoms with van der Waals surface area (Å²) in [6.45, 7) is 10.8. The lowest BCUT2D eigenvalue weighted by atomic mass is 10.0. The first kappa shape index (κ1) is 17.2. The van der Waals surface area contributed by atoms with E-state index >= 15 is 0 Å². The molecule has 116 valence electrons. The van der Waals surface area contributed by atoms with Crippen LogP contribution >= 0.6 is 0 Å². The van der Waals surface area contributed by atoms with Crippen molar-refractivity contribution in [3.05, 3.63) is 18.0 Å². The number of H-pyrrole nitrogens is 1. The molecule has 0 aliphatic carbocycles. The molecule has 0 aromatic carbocycles. The fourth-order valence-electron chi connectivity index (χ4n) is 1.95. The van der Waals surface area contributed by atoms with Crippen LogP contribution in [0.5, 0.6) is 0 Å². The van der Waals surface area contributed by atoms with Crippen molar-refractivity contribution in [3.8, 4) is 0 Å². The average molecular weight is 301 g/mol. The standard InChI is InChI=1S/C14H27N3O2S/c1-6-14(10(2)3)17-20(18,19)13-7-12(16-9-13)8-15-11(4)5/h7,9-11,14-17H,6,8H2,1-5H3. The first-order chi connectivity index (χ1) is 9.26. The Morgan fingerprint density at radius 2 is 1.90 bits per heavy atom. The first-order valence-electron chi connectivity index (χ1n) is 7.19. The maximum atomic E-state index is 12.3. The van der Waals surface area contributed by atoms with Crippen molar-refractivity contribution in [1.82, 2.24) is 15.0 Å². The van der Waals surface area contributed by atoms with Gasteiger partial charge in [-0.15, -0.1) is 0 Å². The predicted octanol–water partition coefficient (Wildman–Crippen LogP) is 2.23. The summed E-state index contributed by atoms with van der Waals surface area (Å²) in [6, 6.07) is 2.01. The van der Waals surface area contributed by atoms with E-state index in [-0.39, 0.29) is 12.0 Å². The Hall–Kier alpha value is -0.850. The second-order valence-electron chi connectivity index (χ2n) is 5.78. The summed E-state index contributed by atoms with van der Waals surface area (Å²) in [6.07, 6.45) is 2.33. The van der Waals surface area contributed by atoms with Gasteiger partial charge in [-0.3, -0.25) is 0 Å². The summed E-state index contributed by atoms with van der Waals surface area (Å²) in [4.78, 5) is 3.31. The Morgan fingerprint density at radius 3 is 2.40 bits per heavy atom. The minimum absolute atomic E-state index is 0.0351. The van der Waals surface area contributed by atoms with Crippen molar-refractivity contribution >= 4 is 10.0 Å². The predicted molar refractivity (Wildman–Crippen MR) is 82.0 cm³/mol. The molecule has 1 heterocycles. The van der Waals surface area contributed by atoms with E-state index in [9.17, 15) is 8.42 Å². The van der Waals surface area contributed by atoms with Crippen LogP contribution < -0.4 is 10.0 Å². The van der Waals surface area contributed by atoms with Gasteiger partial charge in [0, 0.05) is 30.5 Å². The van der Waals surface area contributed by atoms with E-state index in [1.807, 2.05) is 20.8 Å². The fraction of sp³-hybridized carbons (Fsp3) is 0.714. The van der Waals surface area contributed by atoms with Gasteiger partial charge in [-0.05, 0) is 18.4 Å². The molecule has 1 unspecified atom stereocenters. The van der Waals surface area contributed by atoms with Gasteiger partial charge in [-0.25, -0.2) is 13.1 Å². The van der Waals surface area contributed by atoms with Gasteiger partial charge in [0.05, 0.1) is 4.90 Å². The quantitative estimate of drug-likeness (QED) is 0.689. The molecule has 3 N–H and O–H groups in total. The zero-order valence-corrected chi connectivity index (χ0v) is 13.8. The topological polar surface area (TPSA) is 74.0 Å². The van der Waals surface area contributed by atoms with Crippen LogP contribution in [0.15, 0.2) is 17.2 Å². The lowest BCUT2D eigenvalue weighted by Gasteiger charge is -2.20. The van der Waals surface area contributed by atoms with E-state index in [1.165, 1.54) is 0 Å². The highest BCUT2D eigenvalue weighted by Crippen LogP contribution is 2.14. The number of hydrogen-bond acceptors (Lipinski definition) is 3. The summed E-state index contributed by atoms with van der Waals surface area (Å²) in [5.41, 5.74) is 0.872. The highest BCUT2D eigenvalue weighted by atomic mass is 32.2. The third kappa shape index (κ3) is 4.92. The molecule has 5 nitrogen and oxygen atoms in total. The minimum atomic E-state index is -3.44. The molecule has 0 aliphatic rings. The van der Waals surface area contributed by atoms with Gasteiger partial charge >= 0.3 is 0 Å². The van der Waals surface area contributed by atoms with Crippen molar-refractivity contribution in [1.29, 1.82) is 0 Å². The summed E-state index contributed by atoms with van der Waals surface area (Å²) in [7, 11) is -3.44. The second kappa shape index (κ2) is 7.24. The Balaban J connectivity index is 2.77. The Labute approximate surface area is 122 Å². The average Bonchev–Trinajstić information content (AvgIpc) is 2.82. The molecule has 1 aromatic heterocycles. The van der Waals surface area contributed by atoms with Crippen molar-refractivity contribution in [2.45, 2.75) is 64.6 Å². The fourth-order valence-corrected chi connectivity index (χ4v) is 3.43. The Kier molecular flexibility index (Phi) is 6.23. The summed E-state index contributed by atoms with van der Waals surface area (Å²) in [5.74, 6) is 0.274. The van der Waals surface area contributed by atoms with E-state index in [4.69, 9.17) is 0 Å². The number of sulfonamides is 1. The Bertz CT molecular complexity index is 506. The Morgan fingerprint density at radius 1 is 1.25 bits per heavy atom. The van der Waals surface area contributed by atoms with Gasteiger partial charge in [-0.1, -0.05) is 34.6 Å². The second-order valence-corrected chi connectivity index (χ2v) is 7.49. The van der Waals surface area contributed by atoms with Crippen LogP contribution in [-0.4, -0.2) is 25.5 Å². The van der Waals surface area contributed by atoms with Crippen LogP contribution in [0.2, 0.25) is 0 Å². The molecule has 0 aliphatic heterocycles. The van der Waals surface area contributed by atoms with Crippen molar-refractivity contribution in [3.63, 3.8) is 0 Å². The van der Waals surface area contributed by atoms with Gasteiger partial charge in [0.25, 0.3) is 0 Å². The summed E-state index contributed by atoms with van der Waals surface area (Å²) < 4.78 is 27.4. The molecular formula is C14H27N3O2S. The molecule has 0 spiro atoms. The molecule has 1 atom stereocenters. The number of nitrogens with one attached hydrogen (secondary N) is 3. The van der Waals surface area contributed by atoms with E-state index in [2.05, 4.69) is 28.9 Å². The molecule has 1 rings (SSSR count). The molecule has 0 fully saturated rings. The molecular weight excluding hydrogens is 274 g/mol. The van der Waals surface area contributed by atoms with Crippen LogP contribution in [0.1, 0.15) is 46.7 Å². The SMILES string of the molecule is CCC(NS(=O)(=O)c1c[nH]c(CNC(C)C)c1)C(C)C. The smallest absolute Gasteiger partial charge is 0.242 e. The van der Waals surface area contributed by atoms with Gasteiger partial charge in [-0.2, -0.15) is 0 Å². The lowest BCUT2D eigenvalue weighted by molar-refractivity contribution is 0.437. The molecule has 0 radical (unpaired) electrons. The lowest BCUT2D eigenvalue weighted by Crippen LogP contribution is -2.37. The van der Waals surface area contributed by atoms with E-state index < -0.39 is 10.0 Å². The highest BCUT2D eigenvalue weighted by Gasteiger charge is 2.22.